The summed E-state index contributed by atoms with van der Waals surface area (Å²) in [5.74, 6) is 0. The lowest BCUT2D eigenvalue weighted by Gasteiger charge is -1.07. The molecule has 0 fully saturated rings. The minimum atomic E-state index is 0. The van der Waals surface area contributed by atoms with Crippen LogP contribution in [-0.2, 0) is 0 Å². The van der Waals surface area contributed by atoms with Gasteiger partial charge in [0.1, 0.15) is 0 Å². The Bertz CT molecular complexity index is 5.51. The van der Waals surface area contributed by atoms with E-state index in [0.717, 1.165) is 0 Å². The van der Waals surface area contributed by atoms with Gasteiger partial charge in [-0.15, -0.1) is 0 Å². The predicted octanol–water partition coefficient (Wildman–Crippen LogP) is -3.94. The maximum atomic E-state index is 2.00. The van der Waals surface area contributed by atoms with Gasteiger partial charge in [0.15, 0.2) is 0 Å². The van der Waals surface area contributed by atoms with E-state index in [0.29, 0.717) is 0 Å². The lowest BCUT2D eigenvalue weighted by Crippen LogP contribution is -3.00. The van der Waals surface area contributed by atoms with Crippen LogP contribution in [-0.4, -0.2) is 0 Å². The Morgan fingerprint density at radius 2 is 0.500 bits per heavy atom. The van der Waals surface area contributed by atoms with Crippen molar-refractivity contribution in [1.29, 1.82) is 0 Å². The zero-order valence-electron chi connectivity index (χ0n) is 4.76. The molecule has 0 bridgehead atoms. The van der Waals surface area contributed by atoms with Crippen molar-refractivity contribution in [2.75, 3.05) is 0 Å². The molecule has 0 spiro atoms. The molecule has 0 aromatic rings. The second-order valence-electron chi connectivity index (χ2n) is 0. The molecule has 0 nitrogen and oxygen atoms in total. The first-order chi connectivity index (χ1) is 2.00. The molecule has 0 unspecified atom stereocenters. The molecule has 0 aromatic heterocycles. The second kappa shape index (κ2) is 348. The Balaban J connectivity index is -0.00000000500. The number of hydrogen-bond donors (Lipinski definition) is 0. The molecule has 44 valence electrons. The smallest absolute Gasteiger partial charge is 0.0683 e. The molecule has 2 heteroatoms. The van der Waals surface area contributed by atoms with Crippen LogP contribution in [0.15, 0.2) is 0 Å². The van der Waals surface area contributed by atoms with Gasteiger partial charge in [0.05, 0.1) is 0 Å². The zero-order valence-corrected chi connectivity index (χ0v) is 6.27. The summed E-state index contributed by atoms with van der Waals surface area (Å²) in [6, 6.07) is 0. The van der Waals surface area contributed by atoms with Crippen molar-refractivity contribution in [2.24, 2.45) is 0 Å². The lowest BCUT2D eigenvalue weighted by molar-refractivity contribution is -0.001000. The van der Waals surface area contributed by atoms with Crippen LogP contribution < -0.4 is 24.8 Å². The molecular formula is C4H12Cl2-2. The molecular weight excluding hydrogens is 119 g/mol. The number of hydrogen-bond acceptors (Lipinski definition) is 0. The first kappa shape index (κ1) is 30.8. The van der Waals surface area contributed by atoms with E-state index in [-0.39, 0.29) is 24.8 Å². The monoisotopic (exact) mass is 130 g/mol. The minimum absolute atomic E-state index is 0. The third kappa shape index (κ3) is 174. The fraction of sp³-hybridized carbons (Fsp3) is 1.00. The molecule has 6 heavy (non-hydrogen) atoms. The maximum Gasteiger partial charge on any atom is -0.0683 e. The van der Waals surface area contributed by atoms with Gasteiger partial charge in [0.25, 0.3) is 0 Å². The molecule has 0 atom stereocenters. The van der Waals surface area contributed by atoms with E-state index in [1.807, 2.05) is 27.7 Å². The SMILES string of the molecule is CC.CC.[Cl-].[Cl-]. The molecule has 0 heterocycles. The minimum Gasteiger partial charge on any atom is -1.00 e. The van der Waals surface area contributed by atoms with Crippen molar-refractivity contribution in [3.8, 4) is 0 Å². The lowest BCUT2D eigenvalue weighted by atomic mass is 11.0. The second-order valence-corrected chi connectivity index (χ2v) is 0. The van der Waals surface area contributed by atoms with E-state index in [1.165, 1.54) is 0 Å². The molecule has 0 saturated carbocycles. The van der Waals surface area contributed by atoms with Crippen molar-refractivity contribution in [3.05, 3.63) is 0 Å². The quantitative estimate of drug-likeness (QED) is 0.315. The van der Waals surface area contributed by atoms with Crippen LogP contribution in [0, 0.1) is 0 Å². The highest BCUT2D eigenvalue weighted by atomic mass is 35.5. The maximum absolute atomic E-state index is 2.00. The van der Waals surface area contributed by atoms with Crippen molar-refractivity contribution >= 4 is 0 Å². The van der Waals surface area contributed by atoms with E-state index in [2.05, 4.69) is 0 Å². The molecule has 0 aliphatic rings. The van der Waals surface area contributed by atoms with Gasteiger partial charge in [0, 0.05) is 0 Å². The Kier molecular flexibility index (Phi) is 1780. The van der Waals surface area contributed by atoms with Gasteiger partial charge in [-0.1, -0.05) is 27.7 Å². The van der Waals surface area contributed by atoms with Crippen LogP contribution in [0.25, 0.3) is 0 Å². The summed E-state index contributed by atoms with van der Waals surface area (Å²) in [5.41, 5.74) is 0. The molecule has 0 radical (unpaired) electrons. The van der Waals surface area contributed by atoms with Crippen molar-refractivity contribution < 1.29 is 24.8 Å². The Hall–Kier alpha value is 0.580. The van der Waals surface area contributed by atoms with E-state index >= 15 is 0 Å². The molecule has 0 saturated heterocycles. The van der Waals surface area contributed by atoms with Crippen LogP contribution in [0.1, 0.15) is 27.7 Å². The predicted molar refractivity (Wildman–Crippen MR) is 22.7 cm³/mol. The zero-order chi connectivity index (χ0) is 4.00. The summed E-state index contributed by atoms with van der Waals surface area (Å²) < 4.78 is 0. The summed E-state index contributed by atoms with van der Waals surface area (Å²) in [6.45, 7) is 8.00. The van der Waals surface area contributed by atoms with Gasteiger partial charge in [-0.05, 0) is 0 Å². The molecule has 0 N–H and O–H groups in total. The summed E-state index contributed by atoms with van der Waals surface area (Å²) >= 11 is 0. The molecule has 0 rings (SSSR count). The van der Waals surface area contributed by atoms with Crippen LogP contribution in [0.3, 0.4) is 0 Å². The van der Waals surface area contributed by atoms with Crippen LogP contribution >= 0.6 is 0 Å². The average molecular weight is 131 g/mol. The average Bonchev–Trinajstić information content (AvgIpc) is 1.50. The largest absolute Gasteiger partial charge is 1.00 e. The standard InChI is InChI=1S/2C2H6.2ClH/c2*1-2;;/h2*1-2H3;2*1H/p-2. The van der Waals surface area contributed by atoms with Gasteiger partial charge in [-0.25, -0.2) is 0 Å². The highest BCUT2D eigenvalue weighted by molar-refractivity contribution is 3.51. The third-order valence-corrected chi connectivity index (χ3v) is 0. The van der Waals surface area contributed by atoms with E-state index in [1.54, 1.807) is 0 Å². The van der Waals surface area contributed by atoms with E-state index in [4.69, 9.17) is 0 Å². The van der Waals surface area contributed by atoms with Gasteiger partial charge in [-0.3, -0.25) is 0 Å². The Morgan fingerprint density at radius 1 is 0.500 bits per heavy atom. The van der Waals surface area contributed by atoms with Gasteiger partial charge in [-0.2, -0.15) is 0 Å². The van der Waals surface area contributed by atoms with E-state index < -0.39 is 0 Å². The summed E-state index contributed by atoms with van der Waals surface area (Å²) in [5, 5.41) is 0. The fourth-order valence-corrected chi connectivity index (χ4v) is 0. The van der Waals surface area contributed by atoms with Gasteiger partial charge in [0.2, 0.25) is 0 Å². The Labute approximate surface area is 53.1 Å². The third-order valence-electron chi connectivity index (χ3n) is 0. The molecule has 0 amide bonds. The molecule has 0 aliphatic carbocycles. The summed E-state index contributed by atoms with van der Waals surface area (Å²) in [4.78, 5) is 0. The van der Waals surface area contributed by atoms with Crippen LogP contribution in [0.5, 0.6) is 0 Å². The van der Waals surface area contributed by atoms with E-state index in [9.17, 15) is 0 Å². The fourth-order valence-electron chi connectivity index (χ4n) is 0. The number of rotatable bonds is 0. The normalized spacial score (nSPS) is 2.00. The van der Waals surface area contributed by atoms with Gasteiger partial charge < -0.3 is 24.8 Å². The number of halogens is 2. The van der Waals surface area contributed by atoms with Crippen molar-refractivity contribution in [2.45, 2.75) is 27.7 Å². The molecule has 0 aliphatic heterocycles. The topological polar surface area (TPSA) is 0 Å². The first-order valence-corrected chi connectivity index (χ1v) is 2.00. The highest BCUT2D eigenvalue weighted by Crippen LogP contribution is 1.15. The summed E-state index contributed by atoms with van der Waals surface area (Å²) in [7, 11) is 0. The van der Waals surface area contributed by atoms with Crippen molar-refractivity contribution in [1.82, 2.24) is 0 Å². The first-order valence-electron chi connectivity index (χ1n) is 2.00. The summed E-state index contributed by atoms with van der Waals surface area (Å²) in [6.07, 6.45) is 0. The highest BCUT2D eigenvalue weighted by Gasteiger charge is 0.934. The van der Waals surface area contributed by atoms with Crippen LogP contribution in [0.4, 0.5) is 0 Å². The molecule has 0 aromatic carbocycles. The van der Waals surface area contributed by atoms with Crippen LogP contribution in [0.2, 0.25) is 0 Å². The Morgan fingerprint density at radius 3 is 0.500 bits per heavy atom. The van der Waals surface area contributed by atoms with Gasteiger partial charge >= 0.3 is 0 Å². The van der Waals surface area contributed by atoms with Crippen molar-refractivity contribution in [3.63, 3.8) is 0 Å².